The average molecular weight is 459 g/mol. The normalized spacial score (nSPS) is 15.0. The van der Waals surface area contributed by atoms with E-state index >= 15 is 0 Å². The summed E-state index contributed by atoms with van der Waals surface area (Å²) in [4.78, 5) is 0. The highest BCUT2D eigenvalue weighted by Gasteiger charge is 2.60. The van der Waals surface area contributed by atoms with Crippen molar-refractivity contribution >= 4 is 32.7 Å². The Morgan fingerprint density at radius 2 is 0.806 bits per heavy atom. The second kappa shape index (κ2) is 7.19. The van der Waals surface area contributed by atoms with Crippen LogP contribution in [0.2, 0.25) is 0 Å². The summed E-state index contributed by atoms with van der Waals surface area (Å²) < 4.78 is 6.92. The van der Waals surface area contributed by atoms with E-state index in [-0.39, 0.29) is 5.41 Å². The lowest BCUT2D eigenvalue weighted by molar-refractivity contribution is 0.461. The monoisotopic (exact) mass is 458 g/mol. The van der Waals surface area contributed by atoms with Crippen LogP contribution >= 0.6 is 0 Å². The van der Waals surface area contributed by atoms with Gasteiger partial charge in [-0.3, -0.25) is 0 Å². The molecule has 0 N–H and O–H groups in total. The van der Waals surface area contributed by atoms with E-state index in [0.29, 0.717) is 0 Å². The second-order valence-electron chi connectivity index (χ2n) is 9.66. The highest BCUT2D eigenvalue weighted by atomic mass is 16.5. The molecule has 0 amide bonds. The zero-order chi connectivity index (χ0) is 23.7. The van der Waals surface area contributed by atoms with Gasteiger partial charge in [0, 0.05) is 21.9 Å². The van der Waals surface area contributed by atoms with Gasteiger partial charge in [-0.05, 0) is 33.0 Å². The summed E-state index contributed by atoms with van der Waals surface area (Å²) in [7, 11) is 0. The summed E-state index contributed by atoms with van der Waals surface area (Å²) in [5.41, 5.74) is 7.34. The lowest BCUT2D eigenvalue weighted by Gasteiger charge is -2.33. The van der Waals surface area contributed by atoms with Crippen molar-refractivity contribution in [1.29, 1.82) is 0 Å². The van der Waals surface area contributed by atoms with Gasteiger partial charge in [0.15, 0.2) is 0 Å². The zero-order valence-corrected chi connectivity index (χ0v) is 19.6. The molecule has 0 radical (unpaired) electrons. The molecule has 0 unspecified atom stereocenters. The lowest BCUT2D eigenvalue weighted by Crippen LogP contribution is -2.22. The highest BCUT2D eigenvalue weighted by molar-refractivity contribution is 6.24. The molecule has 1 aliphatic carbocycles. The van der Waals surface area contributed by atoms with Gasteiger partial charge in [-0.1, -0.05) is 133 Å². The molecule has 168 valence electrons. The molecule has 1 heterocycles. The van der Waals surface area contributed by atoms with Gasteiger partial charge in [-0.2, -0.15) is 0 Å². The third-order valence-electron chi connectivity index (χ3n) is 7.83. The first-order valence-corrected chi connectivity index (χ1v) is 12.5. The van der Waals surface area contributed by atoms with E-state index in [1.165, 1.54) is 44.2 Å². The molecule has 0 saturated carbocycles. The number of rotatable bonds is 2. The number of hydrogen-bond donors (Lipinski definition) is 0. The molecule has 6 aromatic carbocycles. The Balaban J connectivity index is 1.52. The molecule has 36 heavy (non-hydrogen) atoms. The summed E-state index contributed by atoms with van der Waals surface area (Å²) in [5, 5.41) is 4.69. The van der Waals surface area contributed by atoms with Crippen LogP contribution in [-0.4, -0.2) is 0 Å². The molecule has 1 heteroatoms. The first-order chi connectivity index (χ1) is 17.9. The van der Waals surface area contributed by atoms with Crippen molar-refractivity contribution in [3.05, 3.63) is 156 Å². The fraction of sp³-hybridized carbons (Fsp3) is 0.0286. The molecule has 2 aliphatic rings. The van der Waals surface area contributed by atoms with Gasteiger partial charge in [-0.15, -0.1) is 0 Å². The SMILES string of the molecule is c1ccc(C2=C(c3ccccc3)C23c2ccc4ccccc4c2Oc2c3ccc3ccccc23)cc1. The Bertz CT molecular complexity index is 1710. The van der Waals surface area contributed by atoms with E-state index in [4.69, 9.17) is 4.74 Å². The Kier molecular flexibility index (Phi) is 3.93. The third-order valence-corrected chi connectivity index (χ3v) is 7.83. The van der Waals surface area contributed by atoms with Crippen molar-refractivity contribution in [1.82, 2.24) is 0 Å². The minimum atomic E-state index is -0.361. The molecular weight excluding hydrogens is 436 g/mol. The van der Waals surface area contributed by atoms with Crippen LogP contribution in [0, 0.1) is 0 Å². The van der Waals surface area contributed by atoms with Gasteiger partial charge in [0.05, 0.1) is 5.41 Å². The minimum Gasteiger partial charge on any atom is -0.455 e. The number of ether oxygens (including phenoxy) is 1. The van der Waals surface area contributed by atoms with Crippen LogP contribution in [0.5, 0.6) is 11.5 Å². The highest BCUT2D eigenvalue weighted by Crippen LogP contribution is 2.73. The molecule has 6 aromatic rings. The van der Waals surface area contributed by atoms with Gasteiger partial charge in [-0.25, -0.2) is 0 Å². The van der Waals surface area contributed by atoms with E-state index in [0.717, 1.165) is 22.3 Å². The van der Waals surface area contributed by atoms with Crippen LogP contribution in [0.4, 0.5) is 0 Å². The summed E-state index contributed by atoms with van der Waals surface area (Å²) in [5.74, 6) is 1.94. The summed E-state index contributed by atoms with van der Waals surface area (Å²) in [6, 6.07) is 47.9. The quantitative estimate of drug-likeness (QED) is 0.251. The van der Waals surface area contributed by atoms with Gasteiger partial charge in [0.25, 0.3) is 0 Å². The lowest BCUT2D eigenvalue weighted by atomic mass is 9.75. The summed E-state index contributed by atoms with van der Waals surface area (Å²) in [6.07, 6.45) is 0. The first kappa shape index (κ1) is 19.7. The molecule has 0 saturated heterocycles. The molecule has 0 fully saturated rings. The predicted octanol–water partition coefficient (Wildman–Crippen LogP) is 9.01. The molecule has 0 bridgehead atoms. The van der Waals surface area contributed by atoms with Crippen LogP contribution in [0.3, 0.4) is 0 Å². The van der Waals surface area contributed by atoms with Crippen LogP contribution in [0.15, 0.2) is 133 Å². The van der Waals surface area contributed by atoms with Crippen molar-refractivity contribution in [2.24, 2.45) is 0 Å². The topological polar surface area (TPSA) is 9.23 Å². The average Bonchev–Trinajstić information content (AvgIpc) is 3.64. The van der Waals surface area contributed by atoms with E-state index in [9.17, 15) is 0 Å². The predicted molar refractivity (Wildman–Crippen MR) is 148 cm³/mol. The van der Waals surface area contributed by atoms with E-state index in [1.54, 1.807) is 0 Å². The molecule has 0 aromatic heterocycles. The van der Waals surface area contributed by atoms with Gasteiger partial charge in [0.1, 0.15) is 11.5 Å². The fourth-order valence-electron chi connectivity index (χ4n) is 6.29. The number of benzene rings is 6. The minimum absolute atomic E-state index is 0.361. The van der Waals surface area contributed by atoms with Crippen molar-refractivity contribution in [3.63, 3.8) is 0 Å². The van der Waals surface area contributed by atoms with Crippen LogP contribution in [0.25, 0.3) is 32.7 Å². The maximum Gasteiger partial charge on any atom is 0.140 e. The van der Waals surface area contributed by atoms with Crippen molar-refractivity contribution in [2.45, 2.75) is 5.41 Å². The molecule has 8 rings (SSSR count). The largest absolute Gasteiger partial charge is 0.455 e. The summed E-state index contributed by atoms with van der Waals surface area (Å²) in [6.45, 7) is 0. The molecule has 0 atom stereocenters. The number of hydrogen-bond acceptors (Lipinski definition) is 1. The second-order valence-corrected chi connectivity index (χ2v) is 9.66. The Labute approximate surface area is 209 Å². The zero-order valence-electron chi connectivity index (χ0n) is 19.6. The van der Waals surface area contributed by atoms with Crippen LogP contribution in [0.1, 0.15) is 22.3 Å². The summed E-state index contributed by atoms with van der Waals surface area (Å²) >= 11 is 0. The standard InChI is InChI=1S/C35H22O/c1-3-13-25(14-4-1)31-32(26-15-5-2-6-16-26)35(31)29-21-19-23-11-7-9-17-27(23)33(29)36-34-28-18-10-8-12-24(28)20-22-30(34)35/h1-22H. The van der Waals surface area contributed by atoms with Gasteiger partial charge >= 0.3 is 0 Å². The molecule has 1 spiro atoms. The third kappa shape index (κ3) is 2.50. The van der Waals surface area contributed by atoms with E-state index in [2.05, 4.69) is 133 Å². The van der Waals surface area contributed by atoms with E-state index in [1.807, 2.05) is 0 Å². The maximum absolute atomic E-state index is 6.92. The fourth-order valence-corrected chi connectivity index (χ4v) is 6.29. The van der Waals surface area contributed by atoms with Crippen LogP contribution < -0.4 is 4.74 Å². The smallest absolute Gasteiger partial charge is 0.140 e. The maximum atomic E-state index is 6.92. The van der Waals surface area contributed by atoms with Crippen molar-refractivity contribution in [3.8, 4) is 11.5 Å². The van der Waals surface area contributed by atoms with E-state index < -0.39 is 0 Å². The first-order valence-electron chi connectivity index (χ1n) is 12.5. The number of fused-ring (bicyclic) bond motifs is 8. The Morgan fingerprint density at radius 3 is 1.28 bits per heavy atom. The van der Waals surface area contributed by atoms with Crippen molar-refractivity contribution in [2.75, 3.05) is 0 Å². The van der Waals surface area contributed by atoms with Crippen molar-refractivity contribution < 1.29 is 4.74 Å². The Hall–Kier alpha value is -4.62. The van der Waals surface area contributed by atoms with Gasteiger partial charge < -0.3 is 4.74 Å². The van der Waals surface area contributed by atoms with Crippen LogP contribution in [-0.2, 0) is 5.41 Å². The number of allylic oxidation sites excluding steroid dienone is 2. The molecule has 1 nitrogen and oxygen atoms in total. The van der Waals surface area contributed by atoms with Gasteiger partial charge in [0.2, 0.25) is 0 Å². The Morgan fingerprint density at radius 1 is 0.389 bits per heavy atom. The molecular formula is C35H22O. The molecule has 1 aliphatic heterocycles.